The zero-order chi connectivity index (χ0) is 10.6. The SMILES string of the molecule is CC(C)N1CC[C@H]1COCCC(=O)O. The van der Waals surface area contributed by atoms with Crippen LogP contribution in [0, 0.1) is 0 Å². The maximum absolute atomic E-state index is 10.2. The summed E-state index contributed by atoms with van der Waals surface area (Å²) in [7, 11) is 0. The standard InChI is InChI=1S/C10H19NO3/c1-8(2)11-5-3-9(11)7-14-6-4-10(12)13/h8-9H,3-7H2,1-2H3,(H,12,13)/t9-/m0/s1. The van der Waals surface area contributed by atoms with Gasteiger partial charge in [-0.25, -0.2) is 0 Å². The summed E-state index contributed by atoms with van der Waals surface area (Å²) in [5.41, 5.74) is 0. The molecule has 1 heterocycles. The predicted octanol–water partition coefficient (Wildman–Crippen LogP) is 0.960. The molecule has 1 rings (SSSR count). The highest BCUT2D eigenvalue weighted by Gasteiger charge is 2.29. The van der Waals surface area contributed by atoms with Gasteiger partial charge in [0.2, 0.25) is 0 Å². The number of carboxylic acid groups (broad SMARTS) is 1. The minimum atomic E-state index is -0.792. The van der Waals surface area contributed by atoms with E-state index in [2.05, 4.69) is 18.7 Å². The van der Waals surface area contributed by atoms with Crippen LogP contribution in [0.5, 0.6) is 0 Å². The number of ether oxygens (including phenoxy) is 1. The van der Waals surface area contributed by atoms with Crippen molar-refractivity contribution in [2.24, 2.45) is 0 Å². The largest absolute Gasteiger partial charge is 0.481 e. The minimum absolute atomic E-state index is 0.106. The first kappa shape index (κ1) is 11.5. The van der Waals surface area contributed by atoms with Crippen LogP contribution in [0.1, 0.15) is 26.7 Å². The zero-order valence-electron chi connectivity index (χ0n) is 8.90. The lowest BCUT2D eigenvalue weighted by molar-refractivity contribution is -0.138. The highest BCUT2D eigenvalue weighted by atomic mass is 16.5. The molecule has 1 N–H and O–H groups in total. The van der Waals surface area contributed by atoms with Crippen LogP contribution in [-0.2, 0) is 9.53 Å². The summed E-state index contributed by atoms with van der Waals surface area (Å²) in [6.45, 7) is 6.49. The second-order valence-electron chi connectivity index (χ2n) is 3.99. The average molecular weight is 201 g/mol. The molecule has 1 aliphatic heterocycles. The number of nitrogens with zero attached hydrogens (tertiary/aromatic N) is 1. The summed E-state index contributed by atoms with van der Waals surface area (Å²) in [6.07, 6.45) is 1.28. The molecule has 4 heteroatoms. The lowest BCUT2D eigenvalue weighted by Gasteiger charge is -2.43. The Balaban J connectivity index is 2.05. The molecule has 82 valence electrons. The van der Waals surface area contributed by atoms with Gasteiger partial charge in [0.15, 0.2) is 0 Å². The molecule has 0 aromatic rings. The third kappa shape index (κ3) is 3.27. The van der Waals surface area contributed by atoms with Crippen molar-refractivity contribution in [3.8, 4) is 0 Å². The fourth-order valence-corrected chi connectivity index (χ4v) is 1.70. The molecule has 14 heavy (non-hydrogen) atoms. The quantitative estimate of drug-likeness (QED) is 0.650. The van der Waals surface area contributed by atoms with Crippen LogP contribution < -0.4 is 0 Å². The van der Waals surface area contributed by atoms with Crippen molar-refractivity contribution < 1.29 is 14.6 Å². The van der Waals surface area contributed by atoms with Crippen LogP contribution in [0.25, 0.3) is 0 Å². The molecule has 0 aromatic carbocycles. The lowest BCUT2D eigenvalue weighted by Crippen LogP contribution is -2.53. The van der Waals surface area contributed by atoms with Crippen molar-refractivity contribution >= 4 is 5.97 Å². The summed E-state index contributed by atoms with van der Waals surface area (Å²) in [5, 5.41) is 8.40. The first-order chi connectivity index (χ1) is 6.61. The maximum atomic E-state index is 10.2. The molecule has 1 fully saturated rings. The summed E-state index contributed by atoms with van der Waals surface area (Å²) < 4.78 is 5.31. The molecule has 1 atom stereocenters. The second kappa shape index (κ2) is 5.32. The van der Waals surface area contributed by atoms with Crippen LogP contribution in [0.3, 0.4) is 0 Å². The number of carbonyl (C=O) groups is 1. The van der Waals surface area contributed by atoms with Gasteiger partial charge in [0.25, 0.3) is 0 Å². The van der Waals surface area contributed by atoms with Crippen LogP contribution in [0.15, 0.2) is 0 Å². The second-order valence-corrected chi connectivity index (χ2v) is 3.99. The number of aliphatic carboxylic acids is 1. The van der Waals surface area contributed by atoms with E-state index in [9.17, 15) is 4.79 Å². The molecule has 1 aliphatic rings. The summed E-state index contributed by atoms with van der Waals surface area (Å²) >= 11 is 0. The van der Waals surface area contributed by atoms with E-state index in [0.29, 0.717) is 25.3 Å². The van der Waals surface area contributed by atoms with Gasteiger partial charge < -0.3 is 9.84 Å². The highest BCUT2D eigenvalue weighted by molar-refractivity contribution is 5.66. The predicted molar refractivity (Wildman–Crippen MR) is 53.3 cm³/mol. The molecule has 0 aromatic heterocycles. The Morgan fingerprint density at radius 2 is 2.36 bits per heavy atom. The zero-order valence-corrected chi connectivity index (χ0v) is 8.90. The normalized spacial score (nSPS) is 22.4. The van der Waals surface area contributed by atoms with Crippen LogP contribution in [-0.4, -0.2) is 47.8 Å². The fourth-order valence-electron chi connectivity index (χ4n) is 1.70. The average Bonchev–Trinajstić information content (AvgIpc) is 1.99. The summed E-state index contributed by atoms with van der Waals surface area (Å²) in [5.74, 6) is -0.792. The van der Waals surface area contributed by atoms with Gasteiger partial charge >= 0.3 is 5.97 Å². The minimum Gasteiger partial charge on any atom is -0.481 e. The van der Waals surface area contributed by atoms with E-state index in [1.165, 1.54) is 6.42 Å². The molecule has 1 saturated heterocycles. The van der Waals surface area contributed by atoms with E-state index >= 15 is 0 Å². The van der Waals surface area contributed by atoms with Gasteiger partial charge in [0, 0.05) is 18.6 Å². The van der Waals surface area contributed by atoms with Crippen molar-refractivity contribution in [1.82, 2.24) is 4.90 Å². The molecular weight excluding hydrogens is 182 g/mol. The van der Waals surface area contributed by atoms with Gasteiger partial charge in [-0.1, -0.05) is 0 Å². The van der Waals surface area contributed by atoms with Gasteiger partial charge in [-0.3, -0.25) is 9.69 Å². The number of likely N-dealkylation sites (tertiary alicyclic amines) is 1. The first-order valence-corrected chi connectivity index (χ1v) is 5.16. The third-order valence-corrected chi connectivity index (χ3v) is 2.62. The van der Waals surface area contributed by atoms with Crippen LogP contribution >= 0.6 is 0 Å². The first-order valence-electron chi connectivity index (χ1n) is 5.16. The van der Waals surface area contributed by atoms with Crippen LogP contribution in [0.4, 0.5) is 0 Å². The fraction of sp³-hybridized carbons (Fsp3) is 0.900. The number of hydrogen-bond acceptors (Lipinski definition) is 3. The Morgan fingerprint density at radius 1 is 1.64 bits per heavy atom. The lowest BCUT2D eigenvalue weighted by atomic mass is 10.0. The Kier molecular flexibility index (Phi) is 4.35. The topological polar surface area (TPSA) is 49.8 Å². The Hall–Kier alpha value is -0.610. The molecule has 0 spiro atoms. The summed E-state index contributed by atoms with van der Waals surface area (Å²) in [6, 6.07) is 1.07. The molecule has 0 unspecified atom stereocenters. The van der Waals surface area contributed by atoms with E-state index in [-0.39, 0.29) is 6.42 Å². The molecular formula is C10H19NO3. The Morgan fingerprint density at radius 3 is 2.79 bits per heavy atom. The van der Waals surface area contributed by atoms with Crippen molar-refractivity contribution in [3.05, 3.63) is 0 Å². The van der Waals surface area contributed by atoms with E-state index in [4.69, 9.17) is 9.84 Å². The van der Waals surface area contributed by atoms with E-state index in [1.54, 1.807) is 0 Å². The van der Waals surface area contributed by atoms with Gasteiger partial charge in [-0.15, -0.1) is 0 Å². The molecule has 4 nitrogen and oxygen atoms in total. The monoisotopic (exact) mass is 201 g/mol. The van der Waals surface area contributed by atoms with Gasteiger partial charge in [-0.05, 0) is 20.3 Å². The molecule has 0 amide bonds. The molecule has 0 bridgehead atoms. The van der Waals surface area contributed by atoms with Crippen molar-refractivity contribution in [3.63, 3.8) is 0 Å². The van der Waals surface area contributed by atoms with E-state index in [0.717, 1.165) is 6.54 Å². The number of rotatable bonds is 6. The van der Waals surface area contributed by atoms with Gasteiger partial charge in [-0.2, -0.15) is 0 Å². The Labute approximate surface area is 84.8 Å². The third-order valence-electron chi connectivity index (χ3n) is 2.62. The number of hydrogen-bond donors (Lipinski definition) is 1. The summed E-state index contributed by atoms with van der Waals surface area (Å²) in [4.78, 5) is 12.6. The van der Waals surface area contributed by atoms with Gasteiger partial charge in [0.05, 0.1) is 19.6 Å². The van der Waals surface area contributed by atoms with Crippen molar-refractivity contribution in [1.29, 1.82) is 0 Å². The molecule has 0 radical (unpaired) electrons. The number of carboxylic acids is 1. The smallest absolute Gasteiger partial charge is 0.305 e. The van der Waals surface area contributed by atoms with E-state index in [1.807, 2.05) is 0 Å². The van der Waals surface area contributed by atoms with Crippen LogP contribution in [0.2, 0.25) is 0 Å². The molecule has 0 aliphatic carbocycles. The molecule has 0 saturated carbocycles. The Bertz CT molecular complexity index is 194. The van der Waals surface area contributed by atoms with Crippen molar-refractivity contribution in [2.45, 2.75) is 38.8 Å². The van der Waals surface area contributed by atoms with Gasteiger partial charge in [0.1, 0.15) is 0 Å². The van der Waals surface area contributed by atoms with E-state index < -0.39 is 5.97 Å². The van der Waals surface area contributed by atoms with Crippen molar-refractivity contribution in [2.75, 3.05) is 19.8 Å². The maximum Gasteiger partial charge on any atom is 0.305 e. The highest BCUT2D eigenvalue weighted by Crippen LogP contribution is 2.20.